The van der Waals surface area contributed by atoms with E-state index in [0.717, 1.165) is 6.54 Å². The van der Waals surface area contributed by atoms with Crippen LogP contribution in [0.15, 0.2) is 12.3 Å². The normalized spacial score (nSPS) is 21.2. The van der Waals surface area contributed by atoms with Crippen molar-refractivity contribution in [1.29, 1.82) is 0 Å². The fourth-order valence-corrected chi connectivity index (χ4v) is 2.15. The van der Waals surface area contributed by atoms with Crippen LogP contribution in [0, 0.1) is 0 Å². The first-order valence-electron chi connectivity index (χ1n) is 5.66. The van der Waals surface area contributed by atoms with E-state index in [2.05, 4.69) is 26.8 Å². The number of hydrogen-bond donors (Lipinski definition) is 1. The van der Waals surface area contributed by atoms with E-state index in [1.165, 1.54) is 19.4 Å². The van der Waals surface area contributed by atoms with Crippen LogP contribution in [-0.4, -0.2) is 48.1 Å². The highest BCUT2D eigenvalue weighted by Crippen LogP contribution is 2.17. The van der Waals surface area contributed by atoms with Crippen LogP contribution < -0.4 is 10.6 Å². The lowest BCUT2D eigenvalue weighted by atomic mass is 10.2. The van der Waals surface area contributed by atoms with Gasteiger partial charge < -0.3 is 15.5 Å². The van der Waals surface area contributed by atoms with Gasteiger partial charge in [-0.3, -0.25) is 0 Å². The van der Waals surface area contributed by atoms with Gasteiger partial charge in [-0.1, -0.05) is 0 Å². The summed E-state index contributed by atoms with van der Waals surface area (Å²) in [6, 6.07) is 2.31. The van der Waals surface area contributed by atoms with E-state index in [-0.39, 0.29) is 0 Å². The molecule has 1 unspecified atom stereocenters. The van der Waals surface area contributed by atoms with E-state index in [1.807, 2.05) is 7.05 Å². The second kappa shape index (κ2) is 4.65. The lowest BCUT2D eigenvalue weighted by molar-refractivity contribution is 0.313. The Hall–Kier alpha value is -1.36. The summed E-state index contributed by atoms with van der Waals surface area (Å²) in [6.07, 6.45) is 4.24. The number of anilines is 2. The molecular weight excluding hydrogens is 202 g/mol. The number of nitrogen functional groups attached to an aromatic ring is 1. The summed E-state index contributed by atoms with van der Waals surface area (Å²) < 4.78 is 0. The minimum atomic E-state index is 0.525. The molecule has 2 rings (SSSR count). The third-order valence-corrected chi connectivity index (χ3v) is 3.16. The molecule has 0 saturated carbocycles. The average molecular weight is 221 g/mol. The van der Waals surface area contributed by atoms with Gasteiger partial charge in [0.2, 0.25) is 5.95 Å². The number of likely N-dealkylation sites (N-methyl/N-ethyl adjacent to an activating group) is 2. The Kier molecular flexibility index (Phi) is 3.24. The van der Waals surface area contributed by atoms with Crippen LogP contribution in [0.3, 0.4) is 0 Å². The highest BCUT2D eigenvalue weighted by molar-refractivity contribution is 5.37. The fraction of sp³-hybridized carbons (Fsp3) is 0.636. The van der Waals surface area contributed by atoms with Crippen LogP contribution >= 0.6 is 0 Å². The van der Waals surface area contributed by atoms with Crippen molar-refractivity contribution in [3.05, 3.63) is 12.3 Å². The Morgan fingerprint density at radius 1 is 1.62 bits per heavy atom. The number of likely N-dealkylation sites (tertiary alicyclic amines) is 1. The summed E-state index contributed by atoms with van der Waals surface area (Å²) in [6.45, 7) is 2.15. The Morgan fingerprint density at radius 3 is 3.06 bits per heavy atom. The van der Waals surface area contributed by atoms with Crippen molar-refractivity contribution in [1.82, 2.24) is 14.9 Å². The molecule has 1 atom stereocenters. The second-order valence-corrected chi connectivity index (χ2v) is 4.44. The number of rotatable bonds is 3. The summed E-state index contributed by atoms with van der Waals surface area (Å²) in [7, 11) is 4.19. The second-order valence-electron chi connectivity index (χ2n) is 4.44. The molecule has 88 valence electrons. The molecule has 0 aliphatic carbocycles. The van der Waals surface area contributed by atoms with E-state index < -0.39 is 0 Å². The maximum Gasteiger partial charge on any atom is 0.227 e. The quantitative estimate of drug-likeness (QED) is 0.809. The molecule has 1 aromatic rings. The Morgan fingerprint density at radius 2 is 2.44 bits per heavy atom. The molecule has 2 heterocycles. The van der Waals surface area contributed by atoms with Crippen molar-refractivity contribution in [3.8, 4) is 0 Å². The Labute approximate surface area is 96.3 Å². The SMILES string of the molecule is CN(CC1CCCN1C)c1nccc(N)n1. The van der Waals surface area contributed by atoms with Crippen molar-refractivity contribution in [2.45, 2.75) is 18.9 Å². The molecule has 16 heavy (non-hydrogen) atoms. The molecule has 0 radical (unpaired) electrons. The van der Waals surface area contributed by atoms with Crippen LogP contribution in [0.1, 0.15) is 12.8 Å². The van der Waals surface area contributed by atoms with Crippen molar-refractivity contribution >= 4 is 11.8 Å². The maximum absolute atomic E-state index is 5.64. The van der Waals surface area contributed by atoms with E-state index >= 15 is 0 Å². The highest BCUT2D eigenvalue weighted by Gasteiger charge is 2.22. The zero-order valence-corrected chi connectivity index (χ0v) is 9.93. The third kappa shape index (κ3) is 2.41. The van der Waals surface area contributed by atoms with E-state index in [1.54, 1.807) is 12.3 Å². The largest absolute Gasteiger partial charge is 0.384 e. The lowest BCUT2D eigenvalue weighted by Gasteiger charge is -2.25. The molecular formula is C11H19N5. The average Bonchev–Trinajstić information content (AvgIpc) is 2.64. The van der Waals surface area contributed by atoms with Crippen LogP contribution in [0.5, 0.6) is 0 Å². The minimum Gasteiger partial charge on any atom is -0.384 e. The highest BCUT2D eigenvalue weighted by atomic mass is 15.3. The van der Waals surface area contributed by atoms with Crippen LogP contribution in [0.2, 0.25) is 0 Å². The standard InChI is InChI=1S/C11H19N5/c1-15-7-3-4-9(15)8-16(2)11-13-6-5-10(12)14-11/h5-6,9H,3-4,7-8H2,1-2H3,(H2,12,13,14). The third-order valence-electron chi connectivity index (χ3n) is 3.16. The first-order valence-corrected chi connectivity index (χ1v) is 5.66. The van der Waals surface area contributed by atoms with Gasteiger partial charge in [-0.05, 0) is 32.5 Å². The van der Waals surface area contributed by atoms with Crippen molar-refractivity contribution in [2.75, 3.05) is 37.8 Å². The van der Waals surface area contributed by atoms with Gasteiger partial charge in [0.25, 0.3) is 0 Å². The first-order chi connectivity index (χ1) is 7.66. The fourth-order valence-electron chi connectivity index (χ4n) is 2.15. The Balaban J connectivity index is 1.99. The van der Waals surface area contributed by atoms with Gasteiger partial charge in [0.1, 0.15) is 5.82 Å². The number of hydrogen-bond acceptors (Lipinski definition) is 5. The molecule has 1 fully saturated rings. The van der Waals surface area contributed by atoms with Gasteiger partial charge >= 0.3 is 0 Å². The molecule has 1 aliphatic rings. The molecule has 0 amide bonds. The zero-order chi connectivity index (χ0) is 11.5. The topological polar surface area (TPSA) is 58.3 Å². The maximum atomic E-state index is 5.64. The van der Waals surface area contributed by atoms with Gasteiger partial charge in [0.05, 0.1) is 0 Å². The molecule has 2 N–H and O–H groups in total. The van der Waals surface area contributed by atoms with Gasteiger partial charge in [-0.25, -0.2) is 4.98 Å². The number of nitrogens with two attached hydrogens (primary N) is 1. The zero-order valence-electron chi connectivity index (χ0n) is 9.93. The van der Waals surface area contributed by atoms with E-state index in [0.29, 0.717) is 17.8 Å². The van der Waals surface area contributed by atoms with Gasteiger partial charge in [-0.2, -0.15) is 4.98 Å². The molecule has 5 nitrogen and oxygen atoms in total. The summed E-state index contributed by atoms with van der Waals surface area (Å²) in [5.74, 6) is 1.23. The number of nitrogens with zero attached hydrogens (tertiary/aromatic N) is 4. The van der Waals surface area contributed by atoms with Crippen LogP contribution in [-0.2, 0) is 0 Å². The summed E-state index contributed by atoms with van der Waals surface area (Å²) in [4.78, 5) is 12.9. The van der Waals surface area contributed by atoms with Gasteiger partial charge in [0.15, 0.2) is 0 Å². The smallest absolute Gasteiger partial charge is 0.227 e. The van der Waals surface area contributed by atoms with E-state index in [4.69, 9.17) is 5.73 Å². The lowest BCUT2D eigenvalue weighted by Crippen LogP contribution is -2.37. The van der Waals surface area contributed by atoms with Crippen molar-refractivity contribution in [3.63, 3.8) is 0 Å². The molecule has 0 bridgehead atoms. The molecule has 0 aromatic carbocycles. The molecule has 5 heteroatoms. The Bertz CT molecular complexity index is 354. The predicted molar refractivity (Wildman–Crippen MR) is 65.4 cm³/mol. The van der Waals surface area contributed by atoms with Gasteiger partial charge in [-0.15, -0.1) is 0 Å². The summed E-state index contributed by atoms with van der Waals surface area (Å²) in [5.41, 5.74) is 5.64. The molecule has 1 aliphatic heterocycles. The summed E-state index contributed by atoms with van der Waals surface area (Å²) >= 11 is 0. The molecule has 1 aromatic heterocycles. The van der Waals surface area contributed by atoms with Crippen molar-refractivity contribution in [2.24, 2.45) is 0 Å². The molecule has 1 saturated heterocycles. The van der Waals surface area contributed by atoms with Crippen LogP contribution in [0.25, 0.3) is 0 Å². The predicted octanol–water partition coefficient (Wildman–Crippen LogP) is 0.589. The van der Waals surface area contributed by atoms with E-state index in [9.17, 15) is 0 Å². The number of aromatic nitrogens is 2. The minimum absolute atomic E-state index is 0.525. The summed E-state index contributed by atoms with van der Waals surface area (Å²) in [5, 5.41) is 0. The van der Waals surface area contributed by atoms with Crippen molar-refractivity contribution < 1.29 is 0 Å². The van der Waals surface area contributed by atoms with Crippen LogP contribution in [0.4, 0.5) is 11.8 Å². The monoisotopic (exact) mass is 221 g/mol. The van der Waals surface area contributed by atoms with Gasteiger partial charge in [0, 0.05) is 25.8 Å². The first kappa shape index (κ1) is 11.1. The molecule has 0 spiro atoms.